The molecule has 1 saturated carbocycles. The topological polar surface area (TPSA) is 67.6 Å². The Bertz CT molecular complexity index is 1260. The average Bonchev–Trinajstić information content (AvgIpc) is 3.60. The third-order valence-corrected chi connectivity index (χ3v) is 7.75. The van der Waals surface area contributed by atoms with E-state index in [-0.39, 0.29) is 17.0 Å². The van der Waals surface area contributed by atoms with Gasteiger partial charge in [0.2, 0.25) is 6.23 Å². The molecule has 7 nitrogen and oxygen atoms in total. The van der Waals surface area contributed by atoms with E-state index >= 15 is 0 Å². The van der Waals surface area contributed by atoms with Crippen molar-refractivity contribution in [3.63, 3.8) is 0 Å². The van der Waals surface area contributed by atoms with Crippen LogP contribution in [0.3, 0.4) is 0 Å². The van der Waals surface area contributed by atoms with Crippen molar-refractivity contribution in [1.29, 1.82) is 0 Å². The Balaban J connectivity index is 1.58. The van der Waals surface area contributed by atoms with E-state index in [2.05, 4.69) is 72.3 Å². The van der Waals surface area contributed by atoms with Gasteiger partial charge in [-0.2, -0.15) is 5.10 Å². The lowest BCUT2D eigenvalue weighted by Crippen LogP contribution is -2.49. The number of anilines is 1. The molecule has 5 rings (SSSR count). The number of thiocarbonyl (C=S) groups is 1. The molecule has 1 spiro atoms. The third kappa shape index (κ3) is 5.09. The van der Waals surface area contributed by atoms with Crippen LogP contribution in [0.15, 0.2) is 66.2 Å². The van der Waals surface area contributed by atoms with Crippen LogP contribution in [0.4, 0.5) is 5.69 Å². The standard InChI is InChI=1S/C28H33ClN6OS/c1-19-7-11-21(12-8-19)35-26(37)33-25(28(35)15-5-6-16-28)32-23(27(2,3)4)24(34-18-30-17-31-34)36-22-13-9-20(29)10-14-22/h7-14,17-18,23-24H,5-6,15-16H2,1-4H3,(H,32,33,37). The molecule has 9 heteroatoms. The predicted octanol–water partition coefficient (Wildman–Crippen LogP) is 6.34. The van der Waals surface area contributed by atoms with Crippen molar-refractivity contribution < 1.29 is 4.74 Å². The molecule has 3 aromatic rings. The average molecular weight is 537 g/mol. The van der Waals surface area contributed by atoms with Gasteiger partial charge in [0.1, 0.15) is 35.8 Å². The maximum atomic E-state index is 6.54. The number of aromatic nitrogens is 3. The summed E-state index contributed by atoms with van der Waals surface area (Å²) in [5.74, 6) is 1.59. The SMILES string of the molecule is Cc1ccc(N2C(=S)NC(=NC(C(Oc3ccc(Cl)cc3)n3cncn3)C(C)(C)C)C23CCCC3)cc1. The molecule has 1 aromatic heterocycles. The molecule has 0 amide bonds. The first-order valence-corrected chi connectivity index (χ1v) is 13.5. The molecule has 1 saturated heterocycles. The molecule has 0 radical (unpaired) electrons. The molecule has 194 valence electrons. The van der Waals surface area contributed by atoms with E-state index in [1.54, 1.807) is 11.0 Å². The lowest BCUT2D eigenvalue weighted by atomic mass is 9.85. The van der Waals surface area contributed by atoms with Gasteiger partial charge < -0.3 is 15.0 Å². The van der Waals surface area contributed by atoms with Crippen LogP contribution in [0.1, 0.15) is 58.2 Å². The number of halogens is 1. The number of aryl methyl sites for hydroxylation is 1. The first-order chi connectivity index (χ1) is 17.7. The van der Waals surface area contributed by atoms with E-state index in [4.69, 9.17) is 33.5 Å². The van der Waals surface area contributed by atoms with Crippen LogP contribution in [0, 0.1) is 12.3 Å². The molecule has 2 heterocycles. The number of ether oxygens (including phenoxy) is 1. The van der Waals surface area contributed by atoms with Crippen molar-refractivity contribution in [1.82, 2.24) is 20.1 Å². The molecule has 2 unspecified atom stereocenters. The summed E-state index contributed by atoms with van der Waals surface area (Å²) in [6.07, 6.45) is 6.88. The molecular formula is C28H33ClN6OS. The van der Waals surface area contributed by atoms with Gasteiger partial charge in [-0.1, -0.05) is 62.9 Å². The fourth-order valence-corrected chi connectivity index (χ4v) is 5.80. The molecule has 2 atom stereocenters. The summed E-state index contributed by atoms with van der Waals surface area (Å²) in [5.41, 5.74) is 1.74. The zero-order chi connectivity index (χ0) is 26.2. The summed E-state index contributed by atoms with van der Waals surface area (Å²) >= 11 is 12.0. The number of benzene rings is 2. The summed E-state index contributed by atoms with van der Waals surface area (Å²) in [5, 5.41) is 9.30. The number of aliphatic imine (C=N–C) groups is 1. The van der Waals surface area contributed by atoms with Crippen LogP contribution < -0.4 is 15.0 Å². The van der Waals surface area contributed by atoms with Crippen LogP contribution in [0.5, 0.6) is 5.75 Å². The number of hydrogen-bond donors (Lipinski definition) is 1. The lowest BCUT2D eigenvalue weighted by Gasteiger charge is -2.37. The Labute approximate surface area is 228 Å². The van der Waals surface area contributed by atoms with Gasteiger partial charge in [-0.15, -0.1) is 0 Å². The second kappa shape index (κ2) is 10.1. The monoisotopic (exact) mass is 536 g/mol. The van der Waals surface area contributed by atoms with E-state index in [1.807, 2.05) is 24.3 Å². The molecule has 2 fully saturated rings. The van der Waals surface area contributed by atoms with E-state index < -0.39 is 6.23 Å². The van der Waals surface area contributed by atoms with Crippen molar-refractivity contribution >= 4 is 40.5 Å². The minimum atomic E-state index is -0.529. The largest absolute Gasteiger partial charge is 0.466 e. The number of nitrogens with one attached hydrogen (secondary N) is 1. The molecule has 2 aliphatic rings. The molecule has 37 heavy (non-hydrogen) atoms. The highest BCUT2D eigenvalue weighted by Crippen LogP contribution is 2.43. The second-order valence-electron chi connectivity index (χ2n) is 11.0. The Morgan fingerprint density at radius 3 is 2.35 bits per heavy atom. The molecular weight excluding hydrogens is 504 g/mol. The minimum Gasteiger partial charge on any atom is -0.466 e. The van der Waals surface area contributed by atoms with E-state index in [9.17, 15) is 0 Å². The maximum Gasteiger partial charge on any atom is 0.215 e. The minimum absolute atomic E-state index is 0.267. The molecule has 1 aliphatic carbocycles. The Morgan fingerprint density at radius 2 is 1.76 bits per heavy atom. The van der Waals surface area contributed by atoms with Crippen molar-refractivity contribution in [3.8, 4) is 5.75 Å². The summed E-state index contributed by atoms with van der Waals surface area (Å²) in [6, 6.07) is 15.6. The number of hydrogen-bond acceptors (Lipinski definition) is 5. The van der Waals surface area contributed by atoms with Crippen molar-refractivity contribution in [3.05, 3.63) is 71.8 Å². The van der Waals surface area contributed by atoms with E-state index in [0.717, 1.165) is 37.2 Å². The van der Waals surface area contributed by atoms with E-state index in [0.29, 0.717) is 15.9 Å². The number of nitrogens with zero attached hydrogens (tertiary/aromatic N) is 5. The molecule has 2 aromatic carbocycles. The molecule has 0 bridgehead atoms. The fourth-order valence-electron chi connectivity index (χ4n) is 5.29. The maximum absolute atomic E-state index is 6.54. The first kappa shape index (κ1) is 25.7. The summed E-state index contributed by atoms with van der Waals surface area (Å²) in [7, 11) is 0. The van der Waals surface area contributed by atoms with Crippen LogP contribution in [0.25, 0.3) is 0 Å². The zero-order valence-corrected chi connectivity index (χ0v) is 23.3. The number of amidine groups is 1. The van der Waals surface area contributed by atoms with Gasteiger partial charge in [-0.3, -0.25) is 4.99 Å². The highest BCUT2D eigenvalue weighted by atomic mass is 35.5. The van der Waals surface area contributed by atoms with Gasteiger partial charge in [0.15, 0.2) is 5.11 Å². The normalized spacial score (nSPS) is 19.9. The smallest absolute Gasteiger partial charge is 0.215 e. The van der Waals surface area contributed by atoms with Gasteiger partial charge in [-0.05, 0) is 73.8 Å². The van der Waals surface area contributed by atoms with Crippen LogP contribution in [-0.2, 0) is 0 Å². The van der Waals surface area contributed by atoms with Crippen LogP contribution >= 0.6 is 23.8 Å². The predicted molar refractivity (Wildman–Crippen MR) is 152 cm³/mol. The quantitative estimate of drug-likeness (QED) is 0.371. The van der Waals surface area contributed by atoms with E-state index in [1.165, 1.54) is 11.9 Å². The van der Waals surface area contributed by atoms with Gasteiger partial charge in [0.25, 0.3) is 0 Å². The van der Waals surface area contributed by atoms with Crippen LogP contribution in [0.2, 0.25) is 5.02 Å². The highest BCUT2D eigenvalue weighted by molar-refractivity contribution is 7.80. The van der Waals surface area contributed by atoms with Gasteiger partial charge in [-0.25, -0.2) is 9.67 Å². The third-order valence-electron chi connectivity index (χ3n) is 7.21. The zero-order valence-electron chi connectivity index (χ0n) is 21.7. The van der Waals surface area contributed by atoms with Crippen molar-refractivity contribution in [2.24, 2.45) is 10.4 Å². The Kier molecular flexibility index (Phi) is 6.98. The van der Waals surface area contributed by atoms with Gasteiger partial charge in [0.05, 0.1) is 0 Å². The van der Waals surface area contributed by atoms with Gasteiger partial charge >= 0.3 is 0 Å². The molecule has 1 aliphatic heterocycles. The summed E-state index contributed by atoms with van der Waals surface area (Å²) in [4.78, 5) is 11.9. The van der Waals surface area contributed by atoms with Crippen LogP contribution in [-0.4, -0.2) is 37.3 Å². The number of rotatable bonds is 6. The first-order valence-electron chi connectivity index (χ1n) is 12.7. The Morgan fingerprint density at radius 1 is 1.08 bits per heavy atom. The van der Waals surface area contributed by atoms with Gasteiger partial charge in [0, 0.05) is 10.7 Å². The van der Waals surface area contributed by atoms with Crippen molar-refractivity contribution in [2.45, 2.75) is 71.2 Å². The fraction of sp³-hybridized carbons (Fsp3) is 0.429. The molecule has 1 N–H and O–H groups in total. The highest BCUT2D eigenvalue weighted by Gasteiger charge is 2.52. The Hall–Kier alpha value is -2.97. The summed E-state index contributed by atoms with van der Waals surface area (Å²) < 4.78 is 8.27. The lowest BCUT2D eigenvalue weighted by molar-refractivity contribution is 0.0470. The second-order valence-corrected chi connectivity index (χ2v) is 11.8. The van der Waals surface area contributed by atoms with Crippen molar-refractivity contribution in [2.75, 3.05) is 4.90 Å². The summed E-state index contributed by atoms with van der Waals surface area (Å²) in [6.45, 7) is 8.61.